The standard InChI is InChI=1S/C22H22F2N4O2/c23-18-4-3-16(10-19(18)24)13-28-9-1-2-17(14-28)20-11-21(30-27-20)22(29)26-12-15-5-7-25-8-6-15/h3-8,10-11,17H,1-2,9,12-14H2,(H,26,29)/t17-/m1/s1. The lowest BCUT2D eigenvalue weighted by Gasteiger charge is -2.31. The number of piperidine rings is 1. The molecule has 1 fully saturated rings. The van der Waals surface area contributed by atoms with Crippen LogP contribution >= 0.6 is 0 Å². The van der Waals surface area contributed by atoms with E-state index in [1.165, 1.54) is 6.07 Å². The van der Waals surface area contributed by atoms with Gasteiger partial charge < -0.3 is 9.84 Å². The normalized spacial score (nSPS) is 17.1. The fourth-order valence-corrected chi connectivity index (χ4v) is 3.70. The predicted molar refractivity (Wildman–Crippen MR) is 106 cm³/mol. The van der Waals surface area contributed by atoms with Gasteiger partial charge in [0.25, 0.3) is 5.91 Å². The number of halogens is 2. The molecule has 2 aromatic heterocycles. The van der Waals surface area contributed by atoms with Gasteiger partial charge in [0.15, 0.2) is 11.6 Å². The van der Waals surface area contributed by atoms with Crippen LogP contribution in [0.25, 0.3) is 0 Å². The van der Waals surface area contributed by atoms with Crippen molar-refractivity contribution >= 4 is 5.91 Å². The van der Waals surface area contributed by atoms with Crippen LogP contribution < -0.4 is 5.32 Å². The Bertz CT molecular complexity index is 1010. The van der Waals surface area contributed by atoms with Crippen molar-refractivity contribution in [2.45, 2.75) is 31.8 Å². The Hall–Kier alpha value is -3.13. The van der Waals surface area contributed by atoms with Crippen molar-refractivity contribution < 1.29 is 18.1 Å². The van der Waals surface area contributed by atoms with Crippen molar-refractivity contribution in [3.8, 4) is 0 Å². The van der Waals surface area contributed by atoms with Crippen LogP contribution in [-0.2, 0) is 13.1 Å². The minimum Gasteiger partial charge on any atom is -0.351 e. The number of rotatable bonds is 6. The molecule has 0 bridgehead atoms. The number of benzene rings is 1. The van der Waals surface area contributed by atoms with Gasteiger partial charge in [-0.15, -0.1) is 0 Å². The lowest BCUT2D eigenvalue weighted by Crippen LogP contribution is -2.34. The molecule has 0 saturated carbocycles. The second kappa shape index (κ2) is 9.13. The third kappa shape index (κ3) is 4.88. The van der Waals surface area contributed by atoms with Crippen LogP contribution in [0, 0.1) is 11.6 Å². The molecule has 1 N–H and O–H groups in total. The Kier molecular flexibility index (Phi) is 6.13. The van der Waals surface area contributed by atoms with Crippen LogP contribution in [0.5, 0.6) is 0 Å². The number of aromatic nitrogens is 2. The first-order valence-electron chi connectivity index (χ1n) is 9.88. The van der Waals surface area contributed by atoms with Gasteiger partial charge in [0.2, 0.25) is 5.76 Å². The minimum absolute atomic E-state index is 0.120. The van der Waals surface area contributed by atoms with Crippen LogP contribution in [0.2, 0.25) is 0 Å². The number of nitrogens with zero attached hydrogens (tertiary/aromatic N) is 3. The zero-order valence-corrected chi connectivity index (χ0v) is 16.4. The number of pyridine rings is 1. The van der Waals surface area contributed by atoms with E-state index in [0.717, 1.165) is 42.3 Å². The average molecular weight is 412 g/mol. The summed E-state index contributed by atoms with van der Waals surface area (Å²) in [6, 6.07) is 9.34. The number of carbonyl (C=O) groups is 1. The highest BCUT2D eigenvalue weighted by Crippen LogP contribution is 2.27. The summed E-state index contributed by atoms with van der Waals surface area (Å²) in [6.07, 6.45) is 5.22. The molecule has 156 valence electrons. The van der Waals surface area contributed by atoms with Crippen molar-refractivity contribution in [3.05, 3.63) is 83.0 Å². The van der Waals surface area contributed by atoms with Gasteiger partial charge in [-0.25, -0.2) is 8.78 Å². The molecule has 1 aliphatic rings. The summed E-state index contributed by atoms with van der Waals surface area (Å²) in [7, 11) is 0. The predicted octanol–water partition coefficient (Wildman–Crippen LogP) is 3.66. The van der Waals surface area contributed by atoms with Gasteiger partial charge in [-0.2, -0.15) is 0 Å². The van der Waals surface area contributed by atoms with Gasteiger partial charge in [-0.05, 0) is 54.8 Å². The molecule has 0 aliphatic carbocycles. The van der Waals surface area contributed by atoms with E-state index in [1.54, 1.807) is 24.5 Å². The van der Waals surface area contributed by atoms with Gasteiger partial charge >= 0.3 is 0 Å². The zero-order chi connectivity index (χ0) is 20.9. The maximum Gasteiger partial charge on any atom is 0.290 e. The first-order valence-corrected chi connectivity index (χ1v) is 9.88. The summed E-state index contributed by atoms with van der Waals surface area (Å²) in [4.78, 5) is 18.5. The maximum atomic E-state index is 13.5. The van der Waals surface area contributed by atoms with E-state index in [9.17, 15) is 13.6 Å². The average Bonchev–Trinajstić information content (AvgIpc) is 3.26. The summed E-state index contributed by atoms with van der Waals surface area (Å²) >= 11 is 0. The SMILES string of the molecule is O=C(NCc1ccncc1)c1cc([C@@H]2CCCN(Cc3ccc(F)c(F)c3)C2)no1. The molecule has 1 aliphatic heterocycles. The van der Waals surface area contributed by atoms with E-state index in [-0.39, 0.29) is 17.6 Å². The smallest absolute Gasteiger partial charge is 0.290 e. The Morgan fingerprint density at radius 2 is 1.97 bits per heavy atom. The summed E-state index contributed by atoms with van der Waals surface area (Å²) in [5.41, 5.74) is 2.41. The summed E-state index contributed by atoms with van der Waals surface area (Å²) < 4.78 is 31.9. The van der Waals surface area contributed by atoms with Crippen LogP contribution in [0.1, 0.15) is 46.1 Å². The van der Waals surface area contributed by atoms with Crippen LogP contribution in [0.4, 0.5) is 8.78 Å². The number of carbonyl (C=O) groups excluding carboxylic acids is 1. The molecule has 0 radical (unpaired) electrons. The number of amides is 1. The van der Waals surface area contributed by atoms with Crippen molar-refractivity contribution in [2.75, 3.05) is 13.1 Å². The van der Waals surface area contributed by atoms with Crippen molar-refractivity contribution in [1.29, 1.82) is 0 Å². The molecule has 1 atom stereocenters. The molecule has 30 heavy (non-hydrogen) atoms. The number of hydrogen-bond acceptors (Lipinski definition) is 5. The van der Waals surface area contributed by atoms with E-state index < -0.39 is 11.6 Å². The van der Waals surface area contributed by atoms with Crippen LogP contribution in [0.3, 0.4) is 0 Å². The zero-order valence-electron chi connectivity index (χ0n) is 16.4. The second-order valence-corrected chi connectivity index (χ2v) is 7.48. The van der Waals surface area contributed by atoms with Crippen LogP contribution in [0.15, 0.2) is 53.3 Å². The summed E-state index contributed by atoms with van der Waals surface area (Å²) in [5, 5.41) is 6.91. The molecule has 6 nitrogen and oxygen atoms in total. The van der Waals surface area contributed by atoms with Gasteiger partial charge in [0.1, 0.15) is 0 Å². The summed E-state index contributed by atoms with van der Waals surface area (Å²) in [6.45, 7) is 2.49. The molecule has 3 heterocycles. The quantitative estimate of drug-likeness (QED) is 0.669. The topological polar surface area (TPSA) is 71.3 Å². The van der Waals surface area contributed by atoms with Gasteiger partial charge in [-0.3, -0.25) is 14.7 Å². The second-order valence-electron chi connectivity index (χ2n) is 7.48. The molecule has 0 unspecified atom stereocenters. The molecular weight excluding hydrogens is 390 g/mol. The Morgan fingerprint density at radius 3 is 2.77 bits per heavy atom. The minimum atomic E-state index is -0.840. The van der Waals surface area contributed by atoms with E-state index in [2.05, 4.69) is 20.4 Å². The molecular formula is C22H22F2N4O2. The largest absolute Gasteiger partial charge is 0.351 e. The fourth-order valence-electron chi connectivity index (χ4n) is 3.70. The van der Waals surface area contributed by atoms with Crippen molar-refractivity contribution in [3.63, 3.8) is 0 Å². The Labute approximate surface area is 172 Å². The number of hydrogen-bond donors (Lipinski definition) is 1. The number of nitrogens with one attached hydrogen (secondary N) is 1. The Balaban J connectivity index is 1.35. The highest BCUT2D eigenvalue weighted by Gasteiger charge is 2.25. The highest BCUT2D eigenvalue weighted by atomic mass is 19.2. The summed E-state index contributed by atoms with van der Waals surface area (Å²) in [5.74, 6) is -1.70. The van der Waals surface area contributed by atoms with Crippen molar-refractivity contribution in [2.24, 2.45) is 0 Å². The van der Waals surface area contributed by atoms with Crippen molar-refractivity contribution in [1.82, 2.24) is 20.4 Å². The van der Waals surface area contributed by atoms with E-state index in [4.69, 9.17) is 4.52 Å². The first kappa shape index (κ1) is 20.2. The molecule has 4 rings (SSSR count). The van der Waals surface area contributed by atoms with Crippen LogP contribution in [-0.4, -0.2) is 34.0 Å². The van der Waals surface area contributed by atoms with Gasteiger partial charge in [-0.1, -0.05) is 11.2 Å². The van der Waals surface area contributed by atoms with E-state index in [0.29, 0.717) is 19.6 Å². The van der Waals surface area contributed by atoms with Gasteiger partial charge in [0, 0.05) is 44.0 Å². The maximum absolute atomic E-state index is 13.5. The molecule has 0 spiro atoms. The lowest BCUT2D eigenvalue weighted by atomic mass is 9.94. The highest BCUT2D eigenvalue weighted by molar-refractivity contribution is 5.91. The monoisotopic (exact) mass is 412 g/mol. The van der Waals surface area contributed by atoms with Gasteiger partial charge in [0.05, 0.1) is 5.69 Å². The van der Waals surface area contributed by atoms with E-state index in [1.807, 2.05) is 12.1 Å². The first-order chi connectivity index (χ1) is 14.6. The molecule has 1 aromatic carbocycles. The third-order valence-electron chi connectivity index (χ3n) is 5.27. The van der Waals surface area contributed by atoms with E-state index >= 15 is 0 Å². The molecule has 1 amide bonds. The molecule has 8 heteroatoms. The lowest BCUT2D eigenvalue weighted by molar-refractivity contribution is 0.0913. The number of likely N-dealkylation sites (tertiary alicyclic amines) is 1. The third-order valence-corrected chi connectivity index (χ3v) is 5.27. The molecule has 3 aromatic rings. The fraction of sp³-hybridized carbons (Fsp3) is 0.318. The molecule has 1 saturated heterocycles. The Morgan fingerprint density at radius 1 is 1.13 bits per heavy atom.